The zero-order valence-corrected chi connectivity index (χ0v) is 21.1. The Hall–Kier alpha value is -3.32. The van der Waals surface area contributed by atoms with Crippen LogP contribution >= 0.6 is 0 Å². The van der Waals surface area contributed by atoms with Gasteiger partial charge in [0.05, 0.1) is 10.6 Å². The Morgan fingerprint density at radius 1 is 1.09 bits per heavy atom. The summed E-state index contributed by atoms with van der Waals surface area (Å²) < 4.78 is 36.2. The smallest absolute Gasteiger partial charge is 0.262 e. The number of hydrogen-bond donors (Lipinski definition) is 2. The number of furan rings is 1. The zero-order valence-electron chi connectivity index (χ0n) is 20.3. The molecule has 1 amide bonds. The molecule has 0 radical (unpaired) electrons. The third-order valence-corrected chi connectivity index (χ3v) is 9.07. The number of rotatable bonds is 3. The second-order valence-corrected chi connectivity index (χ2v) is 12.5. The van der Waals surface area contributed by atoms with Gasteiger partial charge in [-0.2, -0.15) is 0 Å². The molecule has 1 aliphatic carbocycles. The first-order chi connectivity index (χ1) is 16.5. The molecule has 4 aromatic rings. The molecule has 0 saturated heterocycles. The minimum absolute atomic E-state index is 0.149. The number of aryl methyl sites for hydroxylation is 2. The average molecular weight is 489 g/mol. The van der Waals surface area contributed by atoms with Gasteiger partial charge in [-0.3, -0.25) is 9.52 Å². The highest BCUT2D eigenvalue weighted by molar-refractivity contribution is 7.93. The molecule has 180 valence electrons. The van der Waals surface area contributed by atoms with E-state index in [1.54, 1.807) is 30.3 Å². The molecular weight excluding hydrogens is 460 g/mol. The summed E-state index contributed by atoms with van der Waals surface area (Å²) in [6, 6.07) is 12.2. The summed E-state index contributed by atoms with van der Waals surface area (Å²) in [5.41, 5.74) is 4.66. The number of amides is 1. The largest absolute Gasteiger partial charge is 0.461 e. The molecule has 7 heteroatoms. The van der Waals surface area contributed by atoms with Gasteiger partial charge in [0.15, 0.2) is 0 Å². The third kappa shape index (κ3) is 3.44. The van der Waals surface area contributed by atoms with Crippen molar-refractivity contribution in [3.63, 3.8) is 0 Å². The van der Waals surface area contributed by atoms with E-state index in [9.17, 15) is 13.2 Å². The second kappa shape index (κ2) is 7.34. The van der Waals surface area contributed by atoms with Crippen molar-refractivity contribution in [3.8, 4) is 0 Å². The summed E-state index contributed by atoms with van der Waals surface area (Å²) >= 11 is 0. The first-order valence-corrected chi connectivity index (χ1v) is 13.5. The summed E-state index contributed by atoms with van der Waals surface area (Å²) in [7, 11) is -3.91. The lowest BCUT2D eigenvalue weighted by Gasteiger charge is -2.33. The highest BCUT2D eigenvalue weighted by Crippen LogP contribution is 2.43. The van der Waals surface area contributed by atoms with Crippen LogP contribution in [0.1, 0.15) is 54.4 Å². The maximum Gasteiger partial charge on any atom is 0.262 e. The SMILES string of the molecule is Cc1cc2oc3c(c2cc1NS(=O)(=O)c1ccc2c4c(cccc14)C(=O)N2)C[C@@H](C(C)(C)C)CC3. The van der Waals surface area contributed by atoms with E-state index in [1.807, 2.05) is 19.1 Å². The highest BCUT2D eigenvalue weighted by atomic mass is 32.2. The summed E-state index contributed by atoms with van der Waals surface area (Å²) in [4.78, 5) is 12.4. The number of carbonyl (C=O) groups is 1. The van der Waals surface area contributed by atoms with E-state index in [2.05, 4.69) is 30.8 Å². The Labute approximate surface area is 204 Å². The lowest BCUT2D eigenvalue weighted by molar-refractivity contribution is 0.103. The maximum atomic E-state index is 13.6. The summed E-state index contributed by atoms with van der Waals surface area (Å²) in [5.74, 6) is 1.35. The molecule has 0 saturated carbocycles. The molecule has 1 aliphatic heterocycles. The van der Waals surface area contributed by atoms with Crippen LogP contribution in [-0.4, -0.2) is 14.3 Å². The Morgan fingerprint density at radius 3 is 2.66 bits per heavy atom. The van der Waals surface area contributed by atoms with E-state index in [0.29, 0.717) is 33.6 Å². The van der Waals surface area contributed by atoms with Crippen molar-refractivity contribution < 1.29 is 17.6 Å². The number of benzene rings is 3. The molecule has 0 fully saturated rings. The molecule has 2 aliphatic rings. The van der Waals surface area contributed by atoms with Crippen molar-refractivity contribution in [2.75, 3.05) is 10.0 Å². The van der Waals surface area contributed by atoms with E-state index in [1.165, 1.54) is 5.56 Å². The Bertz CT molecular complexity index is 1660. The number of anilines is 2. The van der Waals surface area contributed by atoms with Gasteiger partial charge in [-0.15, -0.1) is 0 Å². The van der Waals surface area contributed by atoms with Gasteiger partial charge in [-0.1, -0.05) is 32.9 Å². The van der Waals surface area contributed by atoms with E-state index in [-0.39, 0.29) is 16.2 Å². The number of nitrogens with one attached hydrogen (secondary N) is 2. The molecule has 3 aromatic carbocycles. The van der Waals surface area contributed by atoms with Crippen LogP contribution < -0.4 is 10.0 Å². The second-order valence-electron chi connectivity index (χ2n) is 10.9. The van der Waals surface area contributed by atoms with Crippen LogP contribution in [0.3, 0.4) is 0 Å². The molecular formula is C28H28N2O4S. The number of hydrogen-bond acceptors (Lipinski definition) is 4. The summed E-state index contributed by atoms with van der Waals surface area (Å²) in [6.07, 6.45) is 2.92. The van der Waals surface area contributed by atoms with Gasteiger partial charge in [0.1, 0.15) is 11.3 Å². The Balaban J connectivity index is 1.43. The van der Waals surface area contributed by atoms with Gasteiger partial charge in [0.25, 0.3) is 15.9 Å². The predicted molar refractivity (Wildman–Crippen MR) is 139 cm³/mol. The van der Waals surface area contributed by atoms with Crippen molar-refractivity contribution in [3.05, 3.63) is 64.9 Å². The first-order valence-electron chi connectivity index (χ1n) is 12.0. The maximum absolute atomic E-state index is 13.6. The van der Waals surface area contributed by atoms with Gasteiger partial charge in [0, 0.05) is 39.4 Å². The third-order valence-electron chi connectivity index (χ3n) is 7.64. The predicted octanol–water partition coefficient (Wildman–Crippen LogP) is 6.41. The van der Waals surface area contributed by atoms with E-state index in [4.69, 9.17) is 4.42 Å². The number of carbonyl (C=O) groups excluding carboxylic acids is 1. The molecule has 1 aromatic heterocycles. The van der Waals surface area contributed by atoms with Gasteiger partial charge >= 0.3 is 0 Å². The van der Waals surface area contributed by atoms with Crippen molar-refractivity contribution in [2.45, 2.75) is 51.9 Å². The first kappa shape index (κ1) is 22.2. The fraction of sp³-hybridized carbons (Fsp3) is 0.321. The van der Waals surface area contributed by atoms with Crippen LogP contribution in [0.25, 0.3) is 21.7 Å². The van der Waals surface area contributed by atoms with Crippen LogP contribution in [-0.2, 0) is 22.9 Å². The fourth-order valence-electron chi connectivity index (χ4n) is 5.57. The minimum Gasteiger partial charge on any atom is -0.461 e. The fourth-order valence-corrected chi connectivity index (χ4v) is 6.90. The highest BCUT2D eigenvalue weighted by Gasteiger charge is 2.32. The summed E-state index contributed by atoms with van der Waals surface area (Å²) in [6.45, 7) is 8.70. The van der Waals surface area contributed by atoms with Crippen molar-refractivity contribution >= 4 is 49.0 Å². The van der Waals surface area contributed by atoms with Crippen molar-refractivity contribution in [1.82, 2.24) is 0 Å². The quantitative estimate of drug-likeness (QED) is 0.349. The van der Waals surface area contributed by atoms with Gasteiger partial charge in [-0.05, 0) is 67.0 Å². The van der Waals surface area contributed by atoms with E-state index in [0.717, 1.165) is 41.6 Å². The number of sulfonamides is 1. The molecule has 6 rings (SSSR count). The molecule has 0 spiro atoms. The minimum atomic E-state index is -3.91. The monoisotopic (exact) mass is 488 g/mol. The van der Waals surface area contributed by atoms with Crippen molar-refractivity contribution in [1.29, 1.82) is 0 Å². The van der Waals surface area contributed by atoms with Gasteiger partial charge in [0.2, 0.25) is 0 Å². The lowest BCUT2D eigenvalue weighted by atomic mass is 9.71. The molecule has 6 nitrogen and oxygen atoms in total. The Kier molecular flexibility index (Phi) is 4.65. The topological polar surface area (TPSA) is 88.4 Å². The summed E-state index contributed by atoms with van der Waals surface area (Å²) in [5, 5.41) is 4.95. The van der Waals surface area contributed by atoms with Gasteiger partial charge in [-0.25, -0.2) is 8.42 Å². The number of fused-ring (bicyclic) bond motifs is 3. The molecule has 0 bridgehead atoms. The van der Waals surface area contributed by atoms with Gasteiger partial charge < -0.3 is 9.73 Å². The standard InChI is InChI=1S/C28H28N2O4S/c1-15-12-24-20(19-13-16(28(2,3)4)8-10-23(19)34-24)14-22(15)30-35(32,33)25-11-9-21-26-17(25)6-5-7-18(26)27(31)29-21/h5-7,9,11-12,14,16,30H,8,10,13H2,1-4H3,(H,29,31)/t16-/m0/s1. The zero-order chi connectivity index (χ0) is 24.7. The van der Waals surface area contributed by atoms with E-state index < -0.39 is 10.0 Å². The van der Waals surface area contributed by atoms with Crippen LogP contribution in [0.5, 0.6) is 0 Å². The van der Waals surface area contributed by atoms with E-state index >= 15 is 0 Å². The molecule has 0 unspecified atom stereocenters. The van der Waals surface area contributed by atoms with Crippen LogP contribution in [0.2, 0.25) is 0 Å². The van der Waals surface area contributed by atoms with Crippen LogP contribution in [0, 0.1) is 18.3 Å². The van der Waals surface area contributed by atoms with Crippen LogP contribution in [0.15, 0.2) is 51.8 Å². The molecule has 1 atom stereocenters. The molecule has 2 heterocycles. The van der Waals surface area contributed by atoms with Crippen molar-refractivity contribution in [2.24, 2.45) is 11.3 Å². The lowest BCUT2D eigenvalue weighted by Crippen LogP contribution is -2.26. The van der Waals surface area contributed by atoms with Crippen LogP contribution in [0.4, 0.5) is 11.4 Å². The normalized spacial score (nSPS) is 17.6. The molecule has 2 N–H and O–H groups in total. The Morgan fingerprint density at radius 2 is 1.89 bits per heavy atom. The average Bonchev–Trinajstić information content (AvgIpc) is 3.31. The molecule has 35 heavy (non-hydrogen) atoms.